The zero-order valence-corrected chi connectivity index (χ0v) is 12.0. The largest absolute Gasteiger partial charge is 0.480 e. The number of aryl methyl sites for hydroxylation is 1. The zero-order valence-electron chi connectivity index (χ0n) is 9.59. The summed E-state index contributed by atoms with van der Waals surface area (Å²) in [6.07, 6.45) is -0.674. The molecule has 2 atom stereocenters. The van der Waals surface area contributed by atoms with Crippen LogP contribution in [0, 0.1) is 6.92 Å². The van der Waals surface area contributed by atoms with Gasteiger partial charge in [-0.05, 0) is 34.5 Å². The molecule has 0 unspecified atom stereocenters. The van der Waals surface area contributed by atoms with E-state index in [0.29, 0.717) is 4.88 Å². The lowest BCUT2D eigenvalue weighted by Gasteiger charge is -2.20. The molecule has 1 aliphatic rings. The second kappa shape index (κ2) is 4.99. The number of carboxylic acids is 1. The molecular formula is C11H12BrNO4S. The Morgan fingerprint density at radius 3 is 2.72 bits per heavy atom. The van der Waals surface area contributed by atoms with E-state index in [1.54, 1.807) is 6.07 Å². The number of likely N-dealkylation sites (tertiary alicyclic amines) is 1. The molecule has 0 saturated carbocycles. The summed E-state index contributed by atoms with van der Waals surface area (Å²) in [5, 5.41) is 18.6. The van der Waals surface area contributed by atoms with Crippen LogP contribution in [0.4, 0.5) is 0 Å². The van der Waals surface area contributed by atoms with Crippen LogP contribution in [0.2, 0.25) is 0 Å². The highest BCUT2D eigenvalue weighted by molar-refractivity contribution is 9.11. The van der Waals surface area contributed by atoms with Gasteiger partial charge in [0, 0.05) is 13.0 Å². The van der Waals surface area contributed by atoms with Gasteiger partial charge in [0.05, 0.1) is 14.8 Å². The second-order valence-corrected chi connectivity index (χ2v) is 6.64. The van der Waals surface area contributed by atoms with Crippen LogP contribution < -0.4 is 0 Å². The van der Waals surface area contributed by atoms with E-state index in [1.165, 1.54) is 16.2 Å². The molecule has 0 bridgehead atoms. The van der Waals surface area contributed by atoms with E-state index in [1.807, 2.05) is 6.92 Å². The van der Waals surface area contributed by atoms with E-state index in [-0.39, 0.29) is 18.9 Å². The quantitative estimate of drug-likeness (QED) is 0.859. The van der Waals surface area contributed by atoms with E-state index < -0.39 is 18.1 Å². The van der Waals surface area contributed by atoms with Crippen LogP contribution in [0.3, 0.4) is 0 Å². The summed E-state index contributed by atoms with van der Waals surface area (Å²) in [4.78, 5) is 25.0. The molecule has 5 nitrogen and oxygen atoms in total. The van der Waals surface area contributed by atoms with Crippen molar-refractivity contribution in [1.29, 1.82) is 0 Å². The van der Waals surface area contributed by atoms with Gasteiger partial charge in [-0.1, -0.05) is 0 Å². The molecule has 0 spiro atoms. The first kappa shape index (κ1) is 13.5. The van der Waals surface area contributed by atoms with Crippen molar-refractivity contribution in [3.8, 4) is 0 Å². The van der Waals surface area contributed by atoms with Crippen molar-refractivity contribution < 1.29 is 19.8 Å². The summed E-state index contributed by atoms with van der Waals surface area (Å²) in [5.74, 6) is -1.41. The van der Waals surface area contributed by atoms with Crippen molar-refractivity contribution in [2.24, 2.45) is 0 Å². The Morgan fingerprint density at radius 1 is 1.56 bits per heavy atom. The maximum atomic E-state index is 12.2. The van der Waals surface area contributed by atoms with Crippen molar-refractivity contribution >= 4 is 39.1 Å². The highest BCUT2D eigenvalue weighted by atomic mass is 79.9. The van der Waals surface area contributed by atoms with Gasteiger partial charge in [0.1, 0.15) is 6.04 Å². The Bertz CT molecular complexity index is 482. The molecule has 2 rings (SSSR count). The average Bonchev–Trinajstić information content (AvgIpc) is 2.82. The third-order valence-corrected chi connectivity index (χ3v) is 5.02. The molecule has 0 aliphatic carbocycles. The molecule has 1 fully saturated rings. The molecule has 1 aromatic rings. The minimum absolute atomic E-state index is 0.0738. The smallest absolute Gasteiger partial charge is 0.326 e. The molecule has 0 radical (unpaired) electrons. The Hall–Kier alpha value is -0.920. The Morgan fingerprint density at radius 2 is 2.22 bits per heavy atom. The first-order chi connectivity index (χ1) is 8.40. The molecule has 1 amide bonds. The number of β-amino-alcohol motifs (C(OH)–C–C–N with tert-alkyl or cyclic N) is 1. The third-order valence-electron chi connectivity index (χ3n) is 2.89. The number of halogens is 1. The maximum Gasteiger partial charge on any atom is 0.326 e. The lowest BCUT2D eigenvalue weighted by molar-refractivity contribution is -0.141. The number of hydrogen-bond donors (Lipinski definition) is 2. The van der Waals surface area contributed by atoms with Gasteiger partial charge in [0.2, 0.25) is 0 Å². The fourth-order valence-corrected chi connectivity index (χ4v) is 3.47. The van der Waals surface area contributed by atoms with Gasteiger partial charge in [-0.2, -0.15) is 0 Å². The SMILES string of the molecule is Cc1cc(C(=O)N2C[C@H](O)C[C@H]2C(=O)O)sc1Br. The number of aliphatic hydroxyl groups is 1. The molecule has 2 heterocycles. The van der Waals surface area contributed by atoms with Crippen molar-refractivity contribution in [3.63, 3.8) is 0 Å². The summed E-state index contributed by atoms with van der Waals surface area (Å²) in [7, 11) is 0. The van der Waals surface area contributed by atoms with E-state index >= 15 is 0 Å². The first-order valence-corrected chi connectivity index (χ1v) is 6.99. The van der Waals surface area contributed by atoms with E-state index in [9.17, 15) is 14.7 Å². The number of carbonyl (C=O) groups excluding carboxylic acids is 1. The topological polar surface area (TPSA) is 77.8 Å². The number of aliphatic carboxylic acids is 1. The third kappa shape index (κ3) is 2.43. The normalized spacial score (nSPS) is 23.4. The van der Waals surface area contributed by atoms with E-state index in [2.05, 4.69) is 15.9 Å². The number of aliphatic hydroxyl groups excluding tert-OH is 1. The minimum Gasteiger partial charge on any atom is -0.480 e. The summed E-state index contributed by atoms with van der Waals surface area (Å²) in [6, 6.07) is 0.787. The van der Waals surface area contributed by atoms with Crippen molar-refractivity contribution in [1.82, 2.24) is 4.90 Å². The van der Waals surface area contributed by atoms with E-state index in [0.717, 1.165) is 9.35 Å². The fourth-order valence-electron chi connectivity index (χ4n) is 1.98. The van der Waals surface area contributed by atoms with Gasteiger partial charge in [-0.3, -0.25) is 4.79 Å². The molecule has 2 N–H and O–H groups in total. The summed E-state index contributed by atoms with van der Waals surface area (Å²) in [5.41, 5.74) is 0.940. The molecule has 1 aromatic heterocycles. The number of thiophene rings is 1. The molecular weight excluding hydrogens is 322 g/mol. The number of amides is 1. The number of carboxylic acid groups (broad SMARTS) is 1. The average molecular weight is 334 g/mol. The van der Waals surface area contributed by atoms with E-state index in [4.69, 9.17) is 5.11 Å². The Labute approximate surface area is 116 Å². The molecule has 7 heteroatoms. The second-order valence-electron chi connectivity index (χ2n) is 4.27. The number of hydrogen-bond acceptors (Lipinski definition) is 4. The van der Waals surface area contributed by atoms with Gasteiger partial charge in [0.15, 0.2) is 0 Å². The summed E-state index contributed by atoms with van der Waals surface area (Å²) < 4.78 is 0.859. The summed E-state index contributed by atoms with van der Waals surface area (Å²) >= 11 is 4.61. The first-order valence-electron chi connectivity index (χ1n) is 5.38. The van der Waals surface area contributed by atoms with Crippen molar-refractivity contribution in [2.75, 3.05) is 6.54 Å². The van der Waals surface area contributed by atoms with Crippen molar-refractivity contribution in [2.45, 2.75) is 25.5 Å². The predicted octanol–water partition coefficient (Wildman–Crippen LogP) is 1.48. The zero-order chi connectivity index (χ0) is 13.4. The van der Waals surface area contributed by atoms with Crippen LogP contribution in [-0.2, 0) is 4.79 Å². The van der Waals surface area contributed by atoms with Crippen LogP contribution in [0.1, 0.15) is 21.7 Å². The monoisotopic (exact) mass is 333 g/mol. The standard InChI is InChI=1S/C11H12BrNO4S/c1-5-2-8(18-9(5)12)10(15)13-4-6(14)3-7(13)11(16)17/h2,6-7,14H,3-4H2,1H3,(H,16,17)/t6-,7+/m1/s1. The van der Waals surface area contributed by atoms with Crippen molar-refractivity contribution in [3.05, 3.63) is 20.3 Å². The lowest BCUT2D eigenvalue weighted by atomic mass is 10.2. The molecule has 18 heavy (non-hydrogen) atoms. The van der Waals surface area contributed by atoms with Gasteiger partial charge in [-0.25, -0.2) is 4.79 Å². The van der Waals surface area contributed by atoms with Crippen LogP contribution in [-0.4, -0.2) is 45.7 Å². The van der Waals surface area contributed by atoms with Crippen LogP contribution >= 0.6 is 27.3 Å². The Balaban J connectivity index is 2.25. The van der Waals surface area contributed by atoms with Gasteiger partial charge >= 0.3 is 5.97 Å². The molecule has 1 aliphatic heterocycles. The van der Waals surface area contributed by atoms with Gasteiger partial charge in [-0.15, -0.1) is 11.3 Å². The number of nitrogens with zero attached hydrogens (tertiary/aromatic N) is 1. The Kier molecular flexibility index (Phi) is 3.74. The van der Waals surface area contributed by atoms with Gasteiger partial charge < -0.3 is 15.1 Å². The highest BCUT2D eigenvalue weighted by Crippen LogP contribution is 2.30. The molecule has 98 valence electrons. The van der Waals surface area contributed by atoms with Crippen LogP contribution in [0.5, 0.6) is 0 Å². The number of carbonyl (C=O) groups is 2. The number of rotatable bonds is 2. The summed E-state index contributed by atoms with van der Waals surface area (Å²) in [6.45, 7) is 1.94. The minimum atomic E-state index is -1.08. The molecule has 1 saturated heterocycles. The van der Waals surface area contributed by atoms with Gasteiger partial charge in [0.25, 0.3) is 5.91 Å². The van der Waals surface area contributed by atoms with Crippen LogP contribution in [0.25, 0.3) is 0 Å². The van der Waals surface area contributed by atoms with Crippen LogP contribution in [0.15, 0.2) is 9.85 Å². The predicted molar refractivity (Wildman–Crippen MR) is 69.8 cm³/mol. The maximum absolute atomic E-state index is 12.2. The highest BCUT2D eigenvalue weighted by Gasteiger charge is 2.39. The lowest BCUT2D eigenvalue weighted by Crippen LogP contribution is -2.40. The molecule has 0 aromatic carbocycles. The fraction of sp³-hybridized carbons (Fsp3) is 0.455.